The van der Waals surface area contributed by atoms with Crippen molar-refractivity contribution in [3.63, 3.8) is 0 Å². The molecule has 1 aromatic heterocycles. The Morgan fingerprint density at radius 2 is 1.95 bits per heavy atom. The molecule has 0 spiro atoms. The topological polar surface area (TPSA) is 117 Å². The largest absolute Gasteiger partial charge is 0.244 e. The van der Waals surface area contributed by atoms with Crippen molar-refractivity contribution < 1.29 is 16.8 Å². The minimum absolute atomic E-state index is 0.00813. The Kier molecular flexibility index (Phi) is 4.08. The lowest BCUT2D eigenvalue weighted by atomic mass is 10.2. The molecule has 108 valence electrons. The summed E-state index contributed by atoms with van der Waals surface area (Å²) in [5.41, 5.74) is 0.132. The third-order valence-electron chi connectivity index (χ3n) is 3.04. The van der Waals surface area contributed by atoms with Gasteiger partial charge < -0.3 is 0 Å². The fourth-order valence-corrected chi connectivity index (χ4v) is 4.64. The molecule has 1 aliphatic rings. The van der Waals surface area contributed by atoms with Gasteiger partial charge in [-0.1, -0.05) is 0 Å². The second kappa shape index (κ2) is 5.47. The third-order valence-corrected chi connectivity index (χ3v) is 6.26. The van der Waals surface area contributed by atoms with Crippen molar-refractivity contribution in [3.8, 4) is 6.07 Å². The molecular formula is C11H13N3O4S2. The first-order chi connectivity index (χ1) is 9.32. The van der Waals surface area contributed by atoms with Gasteiger partial charge in [-0.15, -0.1) is 0 Å². The first-order valence-corrected chi connectivity index (χ1v) is 9.22. The van der Waals surface area contributed by atoms with Crippen molar-refractivity contribution in [2.75, 3.05) is 11.5 Å². The van der Waals surface area contributed by atoms with Gasteiger partial charge in [-0.25, -0.2) is 26.5 Å². The Balaban J connectivity index is 2.10. The van der Waals surface area contributed by atoms with E-state index in [1.54, 1.807) is 6.07 Å². The lowest BCUT2D eigenvalue weighted by Gasteiger charge is -2.22. The Labute approximate surface area is 117 Å². The molecule has 1 aliphatic heterocycles. The van der Waals surface area contributed by atoms with Crippen LogP contribution in [0.4, 0.5) is 0 Å². The molecule has 2 rings (SSSR count). The van der Waals surface area contributed by atoms with Crippen LogP contribution in [0.1, 0.15) is 18.5 Å². The summed E-state index contributed by atoms with van der Waals surface area (Å²) in [6.45, 7) is 0. The molecule has 0 aromatic carbocycles. The number of nitriles is 1. The van der Waals surface area contributed by atoms with E-state index in [0.717, 1.165) is 6.20 Å². The molecule has 1 aromatic rings. The molecule has 7 nitrogen and oxygen atoms in total. The highest BCUT2D eigenvalue weighted by molar-refractivity contribution is 7.91. The number of nitrogens with zero attached hydrogens (tertiary/aromatic N) is 2. The number of rotatable bonds is 3. The van der Waals surface area contributed by atoms with Crippen LogP contribution in [0, 0.1) is 11.3 Å². The molecule has 0 aliphatic carbocycles. The summed E-state index contributed by atoms with van der Waals surface area (Å²) in [4.78, 5) is 3.67. The maximum Gasteiger partial charge on any atom is 0.242 e. The second-order valence-electron chi connectivity index (χ2n) is 4.54. The summed E-state index contributed by atoms with van der Waals surface area (Å²) in [5.74, 6) is -0.0163. The summed E-state index contributed by atoms with van der Waals surface area (Å²) in [7, 11) is -6.77. The summed E-state index contributed by atoms with van der Waals surface area (Å²) >= 11 is 0. The van der Waals surface area contributed by atoms with Gasteiger partial charge in [0.2, 0.25) is 10.0 Å². The first kappa shape index (κ1) is 14.9. The molecule has 0 atom stereocenters. The zero-order valence-corrected chi connectivity index (χ0v) is 12.1. The maximum absolute atomic E-state index is 12.1. The molecule has 0 amide bonds. The number of aromatic nitrogens is 1. The highest BCUT2D eigenvalue weighted by Crippen LogP contribution is 2.15. The predicted octanol–water partition coefficient (Wildman–Crippen LogP) is -0.191. The summed E-state index contributed by atoms with van der Waals surface area (Å²) in [5, 5.41) is 8.61. The molecule has 0 radical (unpaired) electrons. The van der Waals surface area contributed by atoms with Crippen LogP contribution in [0.15, 0.2) is 23.2 Å². The van der Waals surface area contributed by atoms with Gasteiger partial charge >= 0.3 is 0 Å². The van der Waals surface area contributed by atoms with Crippen LogP contribution >= 0.6 is 0 Å². The van der Waals surface area contributed by atoms with Crippen molar-refractivity contribution in [2.24, 2.45) is 0 Å². The van der Waals surface area contributed by atoms with Crippen molar-refractivity contribution in [1.29, 1.82) is 5.26 Å². The fourth-order valence-electron chi connectivity index (χ4n) is 1.90. The average molecular weight is 315 g/mol. The summed E-state index contributed by atoms with van der Waals surface area (Å²) in [6, 6.07) is 4.03. The molecular weight excluding hydrogens is 302 g/mol. The minimum atomic E-state index is -3.74. The van der Waals surface area contributed by atoms with Gasteiger partial charge in [-0.3, -0.25) is 0 Å². The second-order valence-corrected chi connectivity index (χ2v) is 8.56. The molecule has 2 heterocycles. The Morgan fingerprint density at radius 3 is 2.45 bits per heavy atom. The molecule has 0 unspecified atom stereocenters. The third kappa shape index (κ3) is 3.53. The number of sulfone groups is 1. The van der Waals surface area contributed by atoms with E-state index < -0.39 is 19.9 Å². The number of pyridine rings is 1. The van der Waals surface area contributed by atoms with Gasteiger partial charge in [0, 0.05) is 12.2 Å². The van der Waals surface area contributed by atoms with Crippen LogP contribution in [0.2, 0.25) is 0 Å². The zero-order valence-electron chi connectivity index (χ0n) is 10.5. The Hall–Kier alpha value is -1.50. The quantitative estimate of drug-likeness (QED) is 0.826. The maximum atomic E-state index is 12.1. The van der Waals surface area contributed by atoms with E-state index in [0.29, 0.717) is 0 Å². The fraction of sp³-hybridized carbons (Fsp3) is 0.455. The monoisotopic (exact) mass is 315 g/mol. The predicted molar refractivity (Wildman–Crippen MR) is 70.9 cm³/mol. The van der Waals surface area contributed by atoms with Crippen molar-refractivity contribution in [1.82, 2.24) is 9.71 Å². The Morgan fingerprint density at radius 1 is 1.30 bits per heavy atom. The van der Waals surface area contributed by atoms with E-state index in [2.05, 4.69) is 9.71 Å². The van der Waals surface area contributed by atoms with Crippen molar-refractivity contribution >= 4 is 19.9 Å². The lowest BCUT2D eigenvalue weighted by Crippen LogP contribution is -2.40. The standard InChI is InChI=1S/C11H13N3O4S2/c12-7-10-1-2-11(8-13-10)20(17,18)14-9-3-5-19(15,16)6-4-9/h1-2,8-9,14H,3-6H2. The number of hydrogen-bond acceptors (Lipinski definition) is 6. The highest BCUT2D eigenvalue weighted by atomic mass is 32.2. The van der Waals surface area contributed by atoms with E-state index in [-0.39, 0.29) is 41.0 Å². The average Bonchev–Trinajstić information content (AvgIpc) is 2.41. The van der Waals surface area contributed by atoms with Gasteiger partial charge in [-0.2, -0.15) is 5.26 Å². The molecule has 1 fully saturated rings. The van der Waals surface area contributed by atoms with Crippen LogP contribution in [0.25, 0.3) is 0 Å². The van der Waals surface area contributed by atoms with Crippen LogP contribution in [-0.2, 0) is 19.9 Å². The molecule has 0 saturated carbocycles. The van der Waals surface area contributed by atoms with Crippen LogP contribution in [0.5, 0.6) is 0 Å². The smallest absolute Gasteiger partial charge is 0.242 e. The van der Waals surface area contributed by atoms with Gasteiger partial charge in [0.15, 0.2) is 0 Å². The van der Waals surface area contributed by atoms with Crippen LogP contribution in [0.3, 0.4) is 0 Å². The summed E-state index contributed by atoms with van der Waals surface area (Å²) < 4.78 is 49.2. The number of sulfonamides is 1. The van der Waals surface area contributed by atoms with Gasteiger partial charge in [0.1, 0.15) is 26.5 Å². The first-order valence-electron chi connectivity index (χ1n) is 5.91. The highest BCUT2D eigenvalue weighted by Gasteiger charge is 2.27. The van der Waals surface area contributed by atoms with Gasteiger partial charge in [0.05, 0.1) is 11.5 Å². The Bertz CT molecular complexity index is 719. The molecule has 1 saturated heterocycles. The number of nitrogens with one attached hydrogen (secondary N) is 1. The zero-order chi connectivity index (χ0) is 14.8. The van der Waals surface area contributed by atoms with E-state index in [9.17, 15) is 16.8 Å². The van der Waals surface area contributed by atoms with E-state index in [1.807, 2.05) is 0 Å². The van der Waals surface area contributed by atoms with Crippen molar-refractivity contribution in [3.05, 3.63) is 24.0 Å². The van der Waals surface area contributed by atoms with Crippen molar-refractivity contribution in [2.45, 2.75) is 23.8 Å². The SMILES string of the molecule is N#Cc1ccc(S(=O)(=O)NC2CCS(=O)(=O)CC2)cn1. The number of hydrogen-bond donors (Lipinski definition) is 1. The molecule has 0 bridgehead atoms. The minimum Gasteiger partial charge on any atom is -0.244 e. The van der Waals surface area contributed by atoms with E-state index >= 15 is 0 Å². The molecule has 20 heavy (non-hydrogen) atoms. The van der Waals surface area contributed by atoms with Crippen LogP contribution in [-0.4, -0.2) is 39.4 Å². The van der Waals surface area contributed by atoms with Gasteiger partial charge in [-0.05, 0) is 25.0 Å². The summed E-state index contributed by atoms with van der Waals surface area (Å²) in [6.07, 6.45) is 1.65. The molecule has 1 N–H and O–H groups in total. The lowest BCUT2D eigenvalue weighted by molar-refractivity contribution is 0.505. The molecule has 9 heteroatoms. The van der Waals surface area contributed by atoms with E-state index in [4.69, 9.17) is 5.26 Å². The normalized spacial score (nSPS) is 19.4. The van der Waals surface area contributed by atoms with Crippen LogP contribution < -0.4 is 4.72 Å². The van der Waals surface area contributed by atoms with Gasteiger partial charge in [0.25, 0.3) is 0 Å². The van der Waals surface area contributed by atoms with E-state index in [1.165, 1.54) is 12.1 Å².